The number of hydrogen-bond donors (Lipinski definition) is 0. The van der Waals surface area contributed by atoms with Gasteiger partial charge in [-0.3, -0.25) is 0 Å². The van der Waals surface area contributed by atoms with E-state index in [0.717, 1.165) is 6.61 Å². The van der Waals surface area contributed by atoms with E-state index in [-0.39, 0.29) is 36.6 Å². The van der Waals surface area contributed by atoms with Gasteiger partial charge in [-0.15, -0.1) is 0 Å². The van der Waals surface area contributed by atoms with Crippen LogP contribution >= 0.6 is 0 Å². The van der Waals surface area contributed by atoms with Crippen LogP contribution < -0.4 is 29.6 Å². The fourth-order valence-corrected chi connectivity index (χ4v) is 1.07. The second kappa shape index (κ2) is 3.97. The molecular weight excluding hydrogens is 123 g/mol. The third-order valence-electron chi connectivity index (χ3n) is 1.67. The molecule has 0 atom stereocenters. The standard InChI is InChI=1S/C7H14O.Na.H/c1-7(2)5-3-4-6-8-7;;/h3-6H2,1-2H3;;/q;+1;-1. The zero-order chi connectivity index (χ0) is 6.04. The van der Waals surface area contributed by atoms with Crippen molar-refractivity contribution < 1.29 is 35.7 Å². The minimum atomic E-state index is 0. The molecule has 1 aliphatic heterocycles. The van der Waals surface area contributed by atoms with Crippen LogP contribution in [0.5, 0.6) is 0 Å². The molecular formula is C7H15NaO. The van der Waals surface area contributed by atoms with Gasteiger partial charge in [-0.2, -0.15) is 0 Å². The molecule has 0 aliphatic carbocycles. The van der Waals surface area contributed by atoms with E-state index in [2.05, 4.69) is 13.8 Å². The summed E-state index contributed by atoms with van der Waals surface area (Å²) >= 11 is 0. The largest absolute Gasteiger partial charge is 1.00 e. The van der Waals surface area contributed by atoms with E-state index in [1.165, 1.54) is 19.3 Å². The van der Waals surface area contributed by atoms with Crippen molar-refractivity contribution in [3.05, 3.63) is 0 Å². The smallest absolute Gasteiger partial charge is 1.00 e. The predicted octanol–water partition coefficient (Wildman–Crippen LogP) is -0.918. The van der Waals surface area contributed by atoms with E-state index in [9.17, 15) is 0 Å². The van der Waals surface area contributed by atoms with Crippen LogP contribution in [0.25, 0.3) is 0 Å². The Morgan fingerprint density at radius 1 is 1.33 bits per heavy atom. The summed E-state index contributed by atoms with van der Waals surface area (Å²) < 4.78 is 5.47. The zero-order valence-electron chi connectivity index (χ0n) is 7.74. The molecule has 0 aromatic carbocycles. The van der Waals surface area contributed by atoms with E-state index in [0.29, 0.717) is 0 Å². The van der Waals surface area contributed by atoms with Gasteiger partial charge in [-0.25, -0.2) is 0 Å². The molecule has 1 saturated heterocycles. The summed E-state index contributed by atoms with van der Waals surface area (Å²) in [7, 11) is 0. The second-order valence-electron chi connectivity index (χ2n) is 3.07. The Bertz CT molecular complexity index is 77.7. The topological polar surface area (TPSA) is 9.23 Å². The van der Waals surface area contributed by atoms with Crippen molar-refractivity contribution in [2.24, 2.45) is 0 Å². The van der Waals surface area contributed by atoms with E-state index >= 15 is 0 Å². The molecule has 1 heterocycles. The molecule has 1 aliphatic rings. The molecule has 0 saturated carbocycles. The maximum atomic E-state index is 5.47. The van der Waals surface area contributed by atoms with Gasteiger partial charge in [0.2, 0.25) is 0 Å². The van der Waals surface area contributed by atoms with Crippen LogP contribution in [0.15, 0.2) is 0 Å². The van der Waals surface area contributed by atoms with Crippen molar-refractivity contribution in [2.45, 2.75) is 38.7 Å². The van der Waals surface area contributed by atoms with Crippen LogP contribution in [0, 0.1) is 0 Å². The summed E-state index contributed by atoms with van der Waals surface area (Å²) in [6.07, 6.45) is 3.82. The van der Waals surface area contributed by atoms with Crippen molar-refractivity contribution in [1.82, 2.24) is 0 Å². The second-order valence-corrected chi connectivity index (χ2v) is 3.07. The van der Waals surface area contributed by atoms with Crippen molar-refractivity contribution in [3.8, 4) is 0 Å². The first-order valence-electron chi connectivity index (χ1n) is 3.35. The third-order valence-corrected chi connectivity index (χ3v) is 1.67. The van der Waals surface area contributed by atoms with Gasteiger partial charge in [-0.05, 0) is 33.1 Å². The molecule has 1 fully saturated rings. The van der Waals surface area contributed by atoms with E-state index in [4.69, 9.17) is 4.74 Å². The minimum absolute atomic E-state index is 0. The molecule has 0 aromatic heterocycles. The van der Waals surface area contributed by atoms with Crippen LogP contribution in [0.4, 0.5) is 0 Å². The molecule has 0 N–H and O–H groups in total. The van der Waals surface area contributed by atoms with Gasteiger partial charge in [0.1, 0.15) is 0 Å². The maximum Gasteiger partial charge on any atom is 1.00 e. The van der Waals surface area contributed by atoms with Crippen LogP contribution in [-0.4, -0.2) is 12.2 Å². The van der Waals surface area contributed by atoms with Crippen LogP contribution in [0.2, 0.25) is 0 Å². The molecule has 9 heavy (non-hydrogen) atoms. The summed E-state index contributed by atoms with van der Waals surface area (Å²) in [6, 6.07) is 0. The summed E-state index contributed by atoms with van der Waals surface area (Å²) in [5, 5.41) is 0. The fourth-order valence-electron chi connectivity index (χ4n) is 1.07. The maximum absolute atomic E-state index is 5.47. The monoisotopic (exact) mass is 138 g/mol. The fraction of sp³-hybridized carbons (Fsp3) is 1.00. The Hall–Kier alpha value is 0.960. The minimum Gasteiger partial charge on any atom is -1.00 e. The number of ether oxygens (including phenoxy) is 1. The van der Waals surface area contributed by atoms with Crippen LogP contribution in [0.1, 0.15) is 34.5 Å². The van der Waals surface area contributed by atoms with Gasteiger partial charge in [0, 0.05) is 6.61 Å². The average molecular weight is 138 g/mol. The van der Waals surface area contributed by atoms with Crippen molar-refractivity contribution >= 4 is 0 Å². The van der Waals surface area contributed by atoms with Crippen LogP contribution in [0.3, 0.4) is 0 Å². The molecule has 0 radical (unpaired) electrons. The van der Waals surface area contributed by atoms with E-state index in [1.54, 1.807) is 0 Å². The van der Waals surface area contributed by atoms with Gasteiger partial charge in [0.25, 0.3) is 0 Å². The number of rotatable bonds is 0. The normalized spacial score (nSPS) is 24.7. The summed E-state index contributed by atoms with van der Waals surface area (Å²) in [4.78, 5) is 0. The zero-order valence-corrected chi connectivity index (χ0v) is 8.74. The number of hydrogen-bond acceptors (Lipinski definition) is 1. The molecule has 0 amide bonds. The van der Waals surface area contributed by atoms with Gasteiger partial charge in [-0.1, -0.05) is 0 Å². The van der Waals surface area contributed by atoms with Crippen molar-refractivity contribution in [1.29, 1.82) is 0 Å². The third kappa shape index (κ3) is 3.61. The Kier molecular flexibility index (Phi) is 4.39. The summed E-state index contributed by atoms with van der Waals surface area (Å²) in [6.45, 7) is 5.28. The molecule has 1 rings (SSSR count). The van der Waals surface area contributed by atoms with E-state index < -0.39 is 0 Å². The van der Waals surface area contributed by atoms with E-state index in [1.807, 2.05) is 0 Å². The van der Waals surface area contributed by atoms with Crippen molar-refractivity contribution in [2.75, 3.05) is 6.61 Å². The Morgan fingerprint density at radius 2 is 2.00 bits per heavy atom. The molecule has 2 heteroatoms. The van der Waals surface area contributed by atoms with Crippen LogP contribution in [-0.2, 0) is 4.74 Å². The van der Waals surface area contributed by atoms with Gasteiger partial charge in [0.15, 0.2) is 0 Å². The first-order valence-corrected chi connectivity index (χ1v) is 3.35. The average Bonchev–Trinajstić information content (AvgIpc) is 1.65. The van der Waals surface area contributed by atoms with Gasteiger partial charge in [0.05, 0.1) is 5.60 Å². The Labute approximate surface area is 80.9 Å². The van der Waals surface area contributed by atoms with Crippen molar-refractivity contribution in [3.63, 3.8) is 0 Å². The Balaban J connectivity index is 0. The molecule has 0 unspecified atom stereocenters. The molecule has 1 nitrogen and oxygen atoms in total. The van der Waals surface area contributed by atoms with Gasteiger partial charge >= 0.3 is 29.6 Å². The summed E-state index contributed by atoms with van der Waals surface area (Å²) in [5.74, 6) is 0. The first kappa shape index (κ1) is 9.96. The summed E-state index contributed by atoms with van der Waals surface area (Å²) in [5.41, 5.74) is 0.179. The SMILES string of the molecule is CC1(C)CCCCO1.[H-].[Na+]. The molecule has 0 aromatic rings. The molecule has 50 valence electrons. The molecule has 0 spiro atoms. The van der Waals surface area contributed by atoms with Gasteiger partial charge < -0.3 is 6.16 Å². The Morgan fingerprint density at radius 3 is 2.22 bits per heavy atom. The predicted molar refractivity (Wildman–Crippen MR) is 35.0 cm³/mol. The quantitative estimate of drug-likeness (QED) is 0.393. The molecule has 0 bridgehead atoms. The first-order chi connectivity index (χ1) is 3.71.